The van der Waals surface area contributed by atoms with Crippen LogP contribution >= 0.6 is 0 Å². The van der Waals surface area contributed by atoms with Gasteiger partial charge in [0.15, 0.2) is 5.78 Å². The Bertz CT molecular complexity index is 1150. The second-order valence-corrected chi connectivity index (χ2v) is 7.55. The number of nitrogens with zero attached hydrogens (tertiary/aromatic N) is 3. The van der Waals surface area contributed by atoms with Gasteiger partial charge < -0.3 is 10.1 Å². The lowest BCUT2D eigenvalue weighted by atomic mass is 10.2. The van der Waals surface area contributed by atoms with Crippen LogP contribution in [0.5, 0.6) is 5.75 Å². The molecule has 1 aromatic carbocycles. The van der Waals surface area contributed by atoms with E-state index in [-0.39, 0.29) is 18.0 Å². The largest absolute Gasteiger partial charge is 0.491 e. The van der Waals surface area contributed by atoms with Crippen molar-refractivity contribution in [2.45, 2.75) is 32.5 Å². The number of ketones is 1. The van der Waals surface area contributed by atoms with Crippen LogP contribution in [-0.2, 0) is 17.5 Å². The minimum atomic E-state index is -4.65. The van der Waals surface area contributed by atoms with E-state index in [2.05, 4.69) is 15.4 Å². The third kappa shape index (κ3) is 5.01. The fourth-order valence-electron chi connectivity index (χ4n) is 3.03. The number of hydrogen-bond acceptors (Lipinski definition) is 5. The summed E-state index contributed by atoms with van der Waals surface area (Å²) < 4.78 is 46.1. The van der Waals surface area contributed by atoms with Crippen molar-refractivity contribution in [2.24, 2.45) is 5.92 Å². The molecule has 0 spiro atoms. The molecule has 1 amide bonds. The van der Waals surface area contributed by atoms with E-state index in [1.807, 2.05) is 0 Å². The van der Waals surface area contributed by atoms with Crippen LogP contribution in [0, 0.1) is 5.92 Å². The van der Waals surface area contributed by atoms with Gasteiger partial charge in [0.2, 0.25) is 0 Å². The van der Waals surface area contributed by atoms with Crippen LogP contribution in [0.3, 0.4) is 0 Å². The number of alkyl halides is 3. The Kier molecular flexibility index (Phi) is 5.38. The number of fused-ring (bicyclic) bond motifs is 1. The molecule has 1 saturated carbocycles. The molecule has 7 nitrogen and oxygen atoms in total. The van der Waals surface area contributed by atoms with E-state index in [4.69, 9.17) is 4.74 Å². The average molecular weight is 432 g/mol. The number of rotatable bonds is 7. The highest BCUT2D eigenvalue weighted by molar-refractivity contribution is 6.05. The van der Waals surface area contributed by atoms with Crippen molar-refractivity contribution in [1.82, 2.24) is 14.8 Å². The zero-order chi connectivity index (χ0) is 22.2. The van der Waals surface area contributed by atoms with Gasteiger partial charge in [-0.05, 0) is 43.9 Å². The third-order valence-corrected chi connectivity index (χ3v) is 4.73. The van der Waals surface area contributed by atoms with E-state index in [0.29, 0.717) is 34.9 Å². The summed E-state index contributed by atoms with van der Waals surface area (Å²) in [6.07, 6.45) is -0.880. The molecule has 0 atom stereocenters. The molecule has 1 aliphatic carbocycles. The van der Waals surface area contributed by atoms with Crippen LogP contribution in [0.1, 0.15) is 35.9 Å². The van der Waals surface area contributed by atoms with Crippen molar-refractivity contribution in [3.8, 4) is 5.75 Å². The Hall–Kier alpha value is -3.43. The summed E-state index contributed by atoms with van der Waals surface area (Å²) in [4.78, 5) is 27.4. The molecule has 31 heavy (non-hydrogen) atoms. The number of nitrogens with one attached hydrogen (secondary N) is 1. The number of ether oxygens (including phenoxy) is 1. The van der Waals surface area contributed by atoms with E-state index in [1.165, 1.54) is 17.7 Å². The zero-order valence-electron chi connectivity index (χ0n) is 16.6. The molecular formula is C21H19F3N4O3. The van der Waals surface area contributed by atoms with Gasteiger partial charge in [-0.1, -0.05) is 6.07 Å². The zero-order valence-corrected chi connectivity index (χ0v) is 16.6. The first kappa shape index (κ1) is 20.8. The standard InChI is InChI=1S/C21H19F3N4O3/c1-12(29)9-28-10-14-7-17(18(8-16(14)27-28)31-11-13-5-6-13)26-20(30)15-3-2-4-19(25-15)21(22,23)24/h2-4,7-8,10,13H,5-6,9,11H2,1H3,(H,26,30). The van der Waals surface area contributed by atoms with Gasteiger partial charge in [-0.2, -0.15) is 18.3 Å². The summed E-state index contributed by atoms with van der Waals surface area (Å²) in [5.41, 5.74) is -0.649. The van der Waals surface area contributed by atoms with Crippen LogP contribution in [0.2, 0.25) is 0 Å². The lowest BCUT2D eigenvalue weighted by molar-refractivity contribution is -0.141. The Labute approximate surface area is 175 Å². The number of pyridine rings is 1. The molecule has 4 rings (SSSR count). The smallest absolute Gasteiger partial charge is 0.433 e. The summed E-state index contributed by atoms with van der Waals surface area (Å²) in [7, 11) is 0. The van der Waals surface area contributed by atoms with Crippen LogP contribution in [-0.4, -0.2) is 33.1 Å². The maximum absolute atomic E-state index is 12.9. The summed E-state index contributed by atoms with van der Waals surface area (Å²) >= 11 is 0. The first-order chi connectivity index (χ1) is 14.7. The van der Waals surface area contributed by atoms with Gasteiger partial charge in [-0.25, -0.2) is 4.98 Å². The molecule has 162 valence electrons. The molecule has 0 unspecified atom stereocenters. The lowest BCUT2D eigenvalue weighted by Gasteiger charge is -2.13. The average Bonchev–Trinajstić information content (AvgIpc) is 3.45. The molecule has 2 heterocycles. The van der Waals surface area contributed by atoms with E-state index in [9.17, 15) is 22.8 Å². The number of Topliss-reactive ketones (excluding diaryl/α,β-unsaturated/α-hetero) is 1. The Morgan fingerprint density at radius 1 is 1.26 bits per heavy atom. The molecule has 3 aromatic rings. The van der Waals surface area contributed by atoms with Gasteiger partial charge in [0, 0.05) is 17.6 Å². The first-order valence-corrected chi connectivity index (χ1v) is 9.68. The molecule has 0 saturated heterocycles. The van der Waals surface area contributed by atoms with Crippen molar-refractivity contribution in [2.75, 3.05) is 11.9 Å². The number of hydrogen-bond donors (Lipinski definition) is 1. The number of carbonyl (C=O) groups excluding carboxylic acids is 2. The number of benzene rings is 1. The monoisotopic (exact) mass is 432 g/mol. The van der Waals surface area contributed by atoms with Crippen molar-refractivity contribution in [3.63, 3.8) is 0 Å². The Morgan fingerprint density at radius 2 is 2.03 bits per heavy atom. The van der Waals surface area contributed by atoms with E-state index < -0.39 is 17.8 Å². The van der Waals surface area contributed by atoms with Crippen molar-refractivity contribution in [1.29, 1.82) is 0 Å². The quantitative estimate of drug-likeness (QED) is 0.608. The molecule has 2 aromatic heterocycles. The predicted molar refractivity (Wildman–Crippen MR) is 106 cm³/mol. The number of halogens is 3. The van der Waals surface area contributed by atoms with E-state index >= 15 is 0 Å². The normalized spacial score (nSPS) is 13.9. The summed E-state index contributed by atoms with van der Waals surface area (Å²) in [6.45, 7) is 2.01. The SMILES string of the molecule is CC(=O)Cn1cc2cc(NC(=O)c3cccc(C(F)(F)F)n3)c(OCC3CC3)cc2n1. The van der Waals surface area contributed by atoms with Gasteiger partial charge in [0.05, 0.1) is 24.4 Å². The predicted octanol–water partition coefficient (Wildman–Crippen LogP) is 4.08. The van der Waals surface area contributed by atoms with Crippen molar-refractivity contribution < 1.29 is 27.5 Å². The van der Waals surface area contributed by atoms with Gasteiger partial charge in [0.1, 0.15) is 17.1 Å². The summed E-state index contributed by atoms with van der Waals surface area (Å²) in [5, 5.41) is 7.58. The second kappa shape index (κ2) is 8.01. The molecule has 0 radical (unpaired) electrons. The first-order valence-electron chi connectivity index (χ1n) is 9.68. The molecule has 0 aliphatic heterocycles. The number of aromatic nitrogens is 3. The van der Waals surface area contributed by atoms with Gasteiger partial charge in [0.25, 0.3) is 5.91 Å². The maximum Gasteiger partial charge on any atom is 0.433 e. The minimum Gasteiger partial charge on any atom is -0.491 e. The molecule has 10 heteroatoms. The topological polar surface area (TPSA) is 86.1 Å². The molecule has 0 bridgehead atoms. The number of amides is 1. The van der Waals surface area contributed by atoms with E-state index in [1.54, 1.807) is 18.3 Å². The van der Waals surface area contributed by atoms with Crippen molar-refractivity contribution in [3.05, 3.63) is 47.9 Å². The fourth-order valence-corrected chi connectivity index (χ4v) is 3.03. The van der Waals surface area contributed by atoms with Crippen LogP contribution < -0.4 is 10.1 Å². The fraction of sp³-hybridized carbons (Fsp3) is 0.333. The summed E-state index contributed by atoms with van der Waals surface area (Å²) in [6, 6.07) is 6.40. The molecule has 1 N–H and O–H groups in total. The highest BCUT2D eigenvalue weighted by atomic mass is 19.4. The number of anilines is 1. The van der Waals surface area contributed by atoms with Crippen LogP contribution in [0.15, 0.2) is 36.5 Å². The van der Waals surface area contributed by atoms with Crippen LogP contribution in [0.25, 0.3) is 10.9 Å². The van der Waals surface area contributed by atoms with E-state index in [0.717, 1.165) is 25.0 Å². The third-order valence-electron chi connectivity index (χ3n) is 4.73. The summed E-state index contributed by atoms with van der Waals surface area (Å²) in [5.74, 6) is -0.0625. The highest BCUT2D eigenvalue weighted by Gasteiger charge is 2.33. The minimum absolute atomic E-state index is 0.0674. The number of carbonyl (C=O) groups is 2. The molecule has 1 fully saturated rings. The van der Waals surface area contributed by atoms with Gasteiger partial charge >= 0.3 is 6.18 Å². The van der Waals surface area contributed by atoms with Crippen molar-refractivity contribution >= 4 is 28.3 Å². The molecule has 1 aliphatic rings. The lowest BCUT2D eigenvalue weighted by Crippen LogP contribution is -2.17. The molecular weight excluding hydrogens is 413 g/mol. The maximum atomic E-state index is 12.9. The highest BCUT2D eigenvalue weighted by Crippen LogP contribution is 2.34. The Morgan fingerprint density at radius 3 is 2.71 bits per heavy atom. The second-order valence-electron chi connectivity index (χ2n) is 7.55. The van der Waals surface area contributed by atoms with Gasteiger partial charge in [-0.3, -0.25) is 14.3 Å². The Balaban J connectivity index is 1.64. The van der Waals surface area contributed by atoms with Gasteiger partial charge in [-0.15, -0.1) is 0 Å². The van der Waals surface area contributed by atoms with Crippen LogP contribution in [0.4, 0.5) is 18.9 Å².